The molecule has 1 atom stereocenters. The Morgan fingerprint density at radius 3 is 3.06 bits per heavy atom. The number of nitrogens with one attached hydrogen (secondary N) is 2. The number of rotatable bonds is 4. The second-order valence-electron chi connectivity index (χ2n) is 4.10. The molecule has 2 amide bonds. The second-order valence-corrected chi connectivity index (χ2v) is 4.10. The number of amides is 2. The summed E-state index contributed by atoms with van der Waals surface area (Å²) in [5.74, 6) is -0.290. The maximum atomic E-state index is 11.6. The van der Waals surface area contributed by atoms with E-state index in [2.05, 4.69) is 10.6 Å². The van der Waals surface area contributed by atoms with Crippen LogP contribution in [0, 0.1) is 0 Å². The van der Waals surface area contributed by atoms with Crippen LogP contribution >= 0.6 is 0 Å². The molecule has 0 saturated carbocycles. The first-order valence-corrected chi connectivity index (χ1v) is 5.96. The number of ether oxygens (including phenoxy) is 1. The molecule has 0 saturated heterocycles. The van der Waals surface area contributed by atoms with Crippen molar-refractivity contribution in [2.24, 2.45) is 0 Å². The maximum absolute atomic E-state index is 11.6. The van der Waals surface area contributed by atoms with Crippen LogP contribution in [0.15, 0.2) is 24.3 Å². The summed E-state index contributed by atoms with van der Waals surface area (Å²) in [6.45, 7) is 2.35. The van der Waals surface area contributed by atoms with E-state index in [1.54, 1.807) is 0 Å². The van der Waals surface area contributed by atoms with Crippen LogP contribution in [0.4, 0.5) is 5.69 Å². The van der Waals surface area contributed by atoms with Crippen LogP contribution < -0.4 is 10.6 Å². The highest BCUT2D eigenvalue weighted by Crippen LogP contribution is 2.29. The summed E-state index contributed by atoms with van der Waals surface area (Å²) in [4.78, 5) is 23.2. The maximum Gasteiger partial charge on any atom is 0.246 e. The molecule has 5 heteroatoms. The molecule has 0 bridgehead atoms. The lowest BCUT2D eigenvalue weighted by Crippen LogP contribution is -2.36. The van der Waals surface area contributed by atoms with E-state index in [0.29, 0.717) is 6.61 Å². The number of hydrogen-bond donors (Lipinski definition) is 2. The zero-order valence-electron chi connectivity index (χ0n) is 10.2. The van der Waals surface area contributed by atoms with Crippen molar-refractivity contribution in [2.45, 2.75) is 19.4 Å². The van der Waals surface area contributed by atoms with Crippen LogP contribution in [0.3, 0.4) is 0 Å². The van der Waals surface area contributed by atoms with Gasteiger partial charge in [0.2, 0.25) is 11.8 Å². The average molecular weight is 248 g/mol. The van der Waals surface area contributed by atoms with Crippen molar-refractivity contribution in [2.75, 3.05) is 18.5 Å². The number of fused-ring (bicyclic) bond motifs is 1. The molecule has 18 heavy (non-hydrogen) atoms. The highest BCUT2D eigenvalue weighted by Gasteiger charge is 2.25. The molecule has 2 rings (SSSR count). The molecule has 1 heterocycles. The third-order valence-corrected chi connectivity index (χ3v) is 2.77. The fourth-order valence-corrected chi connectivity index (χ4v) is 1.97. The number of hydrogen-bond acceptors (Lipinski definition) is 3. The van der Waals surface area contributed by atoms with Crippen molar-refractivity contribution < 1.29 is 14.3 Å². The molecular weight excluding hydrogens is 232 g/mol. The Morgan fingerprint density at radius 2 is 2.28 bits per heavy atom. The van der Waals surface area contributed by atoms with E-state index in [-0.39, 0.29) is 30.9 Å². The van der Waals surface area contributed by atoms with Crippen LogP contribution in [-0.4, -0.2) is 25.0 Å². The minimum atomic E-state index is -0.275. The zero-order valence-corrected chi connectivity index (χ0v) is 10.2. The van der Waals surface area contributed by atoms with Crippen LogP contribution in [0.1, 0.15) is 24.9 Å². The quantitative estimate of drug-likeness (QED) is 0.842. The van der Waals surface area contributed by atoms with E-state index in [1.165, 1.54) is 0 Å². The van der Waals surface area contributed by atoms with Gasteiger partial charge in [-0.2, -0.15) is 0 Å². The lowest BCUT2D eigenvalue weighted by molar-refractivity contribution is -0.126. The summed E-state index contributed by atoms with van der Waals surface area (Å²) in [5.41, 5.74) is 1.69. The fraction of sp³-hybridized carbons (Fsp3) is 0.385. The SMILES string of the molecule is CCOCC(=O)N[C@H]1CC(=O)Nc2ccccc21. The third kappa shape index (κ3) is 2.87. The molecule has 0 unspecified atom stereocenters. The van der Waals surface area contributed by atoms with Crippen LogP contribution in [0.5, 0.6) is 0 Å². The van der Waals surface area contributed by atoms with Crippen molar-refractivity contribution in [1.82, 2.24) is 5.32 Å². The Bertz CT molecular complexity index is 459. The Morgan fingerprint density at radius 1 is 1.50 bits per heavy atom. The Labute approximate surface area is 106 Å². The number of para-hydroxylation sites is 1. The van der Waals surface area contributed by atoms with E-state index >= 15 is 0 Å². The molecule has 1 aromatic rings. The van der Waals surface area contributed by atoms with E-state index in [9.17, 15) is 9.59 Å². The van der Waals surface area contributed by atoms with Gasteiger partial charge in [-0.1, -0.05) is 18.2 Å². The Hall–Kier alpha value is -1.88. The minimum Gasteiger partial charge on any atom is -0.372 e. The molecular formula is C13H16N2O3. The highest BCUT2D eigenvalue weighted by molar-refractivity contribution is 5.95. The summed E-state index contributed by atoms with van der Waals surface area (Å²) in [6.07, 6.45) is 0.259. The monoisotopic (exact) mass is 248 g/mol. The normalized spacial score (nSPS) is 17.8. The molecule has 2 N–H and O–H groups in total. The molecule has 1 aromatic carbocycles. The van der Waals surface area contributed by atoms with Crippen LogP contribution in [0.2, 0.25) is 0 Å². The number of benzene rings is 1. The summed E-state index contributed by atoms with van der Waals surface area (Å²) in [7, 11) is 0. The van der Waals surface area contributed by atoms with E-state index in [4.69, 9.17) is 4.74 Å². The van der Waals surface area contributed by atoms with Gasteiger partial charge in [-0.3, -0.25) is 9.59 Å². The first-order chi connectivity index (χ1) is 8.70. The minimum absolute atomic E-state index is 0.0246. The molecule has 1 aliphatic heterocycles. The van der Waals surface area contributed by atoms with Gasteiger partial charge in [0.05, 0.1) is 12.5 Å². The summed E-state index contributed by atoms with van der Waals surface area (Å²) in [6, 6.07) is 7.19. The summed E-state index contributed by atoms with van der Waals surface area (Å²) >= 11 is 0. The van der Waals surface area contributed by atoms with Crippen LogP contribution in [-0.2, 0) is 14.3 Å². The van der Waals surface area contributed by atoms with Gasteiger partial charge in [-0.05, 0) is 18.6 Å². The largest absolute Gasteiger partial charge is 0.372 e. The predicted molar refractivity (Wildman–Crippen MR) is 67.1 cm³/mol. The van der Waals surface area contributed by atoms with Crippen molar-refractivity contribution in [3.05, 3.63) is 29.8 Å². The van der Waals surface area contributed by atoms with Gasteiger partial charge in [0.25, 0.3) is 0 Å². The third-order valence-electron chi connectivity index (χ3n) is 2.77. The van der Waals surface area contributed by atoms with E-state index in [0.717, 1.165) is 11.3 Å². The molecule has 96 valence electrons. The molecule has 0 fully saturated rings. The first-order valence-electron chi connectivity index (χ1n) is 5.96. The van der Waals surface area contributed by atoms with Gasteiger partial charge in [-0.25, -0.2) is 0 Å². The number of carbonyl (C=O) groups is 2. The summed E-state index contributed by atoms with van der Waals surface area (Å²) in [5, 5.41) is 5.60. The standard InChI is InChI=1S/C13H16N2O3/c1-2-18-8-13(17)15-11-7-12(16)14-10-6-4-3-5-9(10)11/h3-6,11H,2,7-8H2,1H3,(H,14,16)(H,15,17)/t11-/m0/s1. The van der Waals surface area contributed by atoms with Gasteiger partial charge < -0.3 is 15.4 Å². The predicted octanol–water partition coefficient (Wildman–Crippen LogP) is 1.22. The highest BCUT2D eigenvalue weighted by atomic mass is 16.5. The van der Waals surface area contributed by atoms with Gasteiger partial charge >= 0.3 is 0 Å². The zero-order chi connectivity index (χ0) is 13.0. The van der Waals surface area contributed by atoms with Gasteiger partial charge in [-0.15, -0.1) is 0 Å². The first kappa shape index (κ1) is 12.6. The lowest BCUT2D eigenvalue weighted by atomic mass is 9.97. The molecule has 0 radical (unpaired) electrons. The second kappa shape index (κ2) is 5.64. The Kier molecular flexibility index (Phi) is 3.94. The van der Waals surface area contributed by atoms with E-state index < -0.39 is 0 Å². The lowest BCUT2D eigenvalue weighted by Gasteiger charge is -2.26. The van der Waals surface area contributed by atoms with Crippen molar-refractivity contribution >= 4 is 17.5 Å². The smallest absolute Gasteiger partial charge is 0.246 e. The number of carbonyl (C=O) groups excluding carboxylic acids is 2. The molecule has 0 aromatic heterocycles. The molecule has 1 aliphatic rings. The molecule has 0 aliphatic carbocycles. The molecule has 5 nitrogen and oxygen atoms in total. The topological polar surface area (TPSA) is 67.4 Å². The average Bonchev–Trinajstić information content (AvgIpc) is 2.36. The van der Waals surface area contributed by atoms with Gasteiger partial charge in [0.1, 0.15) is 6.61 Å². The van der Waals surface area contributed by atoms with Gasteiger partial charge in [0, 0.05) is 12.3 Å². The van der Waals surface area contributed by atoms with Gasteiger partial charge in [0.15, 0.2) is 0 Å². The fourth-order valence-electron chi connectivity index (χ4n) is 1.97. The van der Waals surface area contributed by atoms with E-state index in [1.807, 2.05) is 31.2 Å². The van der Waals surface area contributed by atoms with Crippen LogP contribution in [0.25, 0.3) is 0 Å². The van der Waals surface area contributed by atoms with Crippen molar-refractivity contribution in [3.63, 3.8) is 0 Å². The Balaban J connectivity index is 2.09. The number of anilines is 1. The van der Waals surface area contributed by atoms with Crippen molar-refractivity contribution in [1.29, 1.82) is 0 Å². The van der Waals surface area contributed by atoms with Crippen molar-refractivity contribution in [3.8, 4) is 0 Å². The summed E-state index contributed by atoms with van der Waals surface area (Å²) < 4.78 is 5.04. The molecule has 0 spiro atoms.